The molecule has 9 rings (SSSR count). The molecule has 2 aromatic rings. The maximum Gasteiger partial charge on any atom is 0.265 e. The Bertz CT molecular complexity index is 2140. The van der Waals surface area contributed by atoms with Gasteiger partial charge in [0.05, 0.1) is 43.1 Å². The van der Waals surface area contributed by atoms with Gasteiger partial charge in [-0.15, -0.1) is 0 Å². The van der Waals surface area contributed by atoms with Crippen molar-refractivity contribution in [1.82, 2.24) is 19.1 Å². The van der Waals surface area contributed by atoms with Crippen LogP contribution < -0.4 is 9.46 Å². The van der Waals surface area contributed by atoms with E-state index in [-0.39, 0.29) is 40.2 Å². The van der Waals surface area contributed by atoms with Crippen LogP contribution in [0.3, 0.4) is 0 Å². The lowest BCUT2D eigenvalue weighted by Gasteiger charge is -2.35. The van der Waals surface area contributed by atoms with Crippen molar-refractivity contribution in [3.8, 4) is 5.75 Å². The molecule has 0 spiro atoms. The van der Waals surface area contributed by atoms with Crippen molar-refractivity contribution in [2.24, 2.45) is 22.7 Å². The van der Waals surface area contributed by atoms with Crippen molar-refractivity contribution >= 4 is 38.6 Å². The number of methoxy groups -OCH3 is 1. The van der Waals surface area contributed by atoms with E-state index < -0.39 is 21.8 Å². The monoisotopic (exact) mass is 742 g/mol. The predicted molar refractivity (Wildman–Crippen MR) is 200 cm³/mol. The molecule has 0 radical (unpaired) electrons. The first-order valence-corrected chi connectivity index (χ1v) is 21.0. The highest BCUT2D eigenvalue weighted by molar-refractivity contribution is 7.90. The Hall–Kier alpha value is -3.90. The number of ether oxygens (including phenoxy) is 2. The number of likely N-dealkylation sites (tertiary alicyclic amines) is 2. The van der Waals surface area contributed by atoms with Crippen LogP contribution in [0.2, 0.25) is 0 Å². The maximum atomic E-state index is 15.1. The van der Waals surface area contributed by atoms with Crippen molar-refractivity contribution in [1.29, 1.82) is 0 Å². The molecule has 3 unspecified atom stereocenters. The number of benzene rings is 1. The molecule has 3 aliphatic carbocycles. The van der Waals surface area contributed by atoms with Crippen LogP contribution in [0.4, 0.5) is 0 Å². The minimum Gasteiger partial charge on any atom is -0.496 e. The molecule has 4 aliphatic heterocycles. The summed E-state index contributed by atoms with van der Waals surface area (Å²) in [6.45, 7) is 9.01. The number of carbonyl (C=O) groups excluding carboxylic acids is 3. The number of amides is 3. The average Bonchev–Trinajstić information content (AvgIpc) is 3.27. The van der Waals surface area contributed by atoms with Gasteiger partial charge in [0.1, 0.15) is 5.75 Å². The number of allylic oxidation sites excluding steroid dienone is 4. The van der Waals surface area contributed by atoms with E-state index >= 15 is 4.79 Å². The normalized spacial score (nSPS) is 29.2. The molecule has 3 amide bonds. The van der Waals surface area contributed by atoms with E-state index in [2.05, 4.69) is 33.6 Å². The first kappa shape index (κ1) is 34.8. The summed E-state index contributed by atoms with van der Waals surface area (Å²) in [5.74, 6) is -0.348. The van der Waals surface area contributed by atoms with Crippen LogP contribution >= 0.6 is 0 Å². The van der Waals surface area contributed by atoms with Gasteiger partial charge in [0.25, 0.3) is 5.91 Å². The number of carbonyl (C=O) groups is 3. The third-order valence-electron chi connectivity index (χ3n) is 13.4. The zero-order valence-electron chi connectivity index (χ0n) is 31.2. The molecule has 0 bridgehead atoms. The molecule has 4 atom stereocenters. The van der Waals surface area contributed by atoms with Crippen LogP contribution in [-0.2, 0) is 35.7 Å². The van der Waals surface area contributed by atoms with Crippen LogP contribution in [-0.4, -0.2) is 92.8 Å². The zero-order chi connectivity index (χ0) is 37.0. The molecule has 7 aliphatic rings. The van der Waals surface area contributed by atoms with Crippen LogP contribution in [0, 0.1) is 22.7 Å². The molecule has 1 saturated carbocycles. The highest BCUT2D eigenvalue weighted by atomic mass is 32.2. The van der Waals surface area contributed by atoms with E-state index in [4.69, 9.17) is 9.47 Å². The Labute approximate surface area is 311 Å². The van der Waals surface area contributed by atoms with Gasteiger partial charge in [-0.1, -0.05) is 51.3 Å². The highest BCUT2D eigenvalue weighted by Crippen LogP contribution is 2.58. The summed E-state index contributed by atoms with van der Waals surface area (Å²) in [7, 11) is -2.14. The Morgan fingerprint density at radius 1 is 1.02 bits per heavy atom. The standard InChI is InChI=1S/C41H50N4O7S/c1-24(2)17-53(49,50)42-38(47)36-31-16-45-32(15-30-33(51-4)14-13-27(37(30)45)26-9-6-5-7-10-26)34-28(35(31)36)11-8-12-29(34)39(48)44-20-40-18-43(25(3)46)19-41(40,21-44)23-52-22-40/h8,11,13-15,24,26,29,34H,5-7,9-10,12,16-23H2,1-4H3,(H,42,47)/t29-,34?,40?,41?/m1/s1. The Kier molecular flexibility index (Phi) is 8.09. The summed E-state index contributed by atoms with van der Waals surface area (Å²) in [4.78, 5) is 45.3. The third kappa shape index (κ3) is 5.36. The van der Waals surface area contributed by atoms with Crippen LogP contribution in [0.1, 0.15) is 82.4 Å². The van der Waals surface area contributed by atoms with Gasteiger partial charge in [-0.3, -0.25) is 14.4 Å². The Balaban J connectivity index is 1.16. The zero-order valence-corrected chi connectivity index (χ0v) is 32.0. The summed E-state index contributed by atoms with van der Waals surface area (Å²) in [5.41, 5.74) is 5.77. The molecular formula is C41H50N4O7S. The van der Waals surface area contributed by atoms with Gasteiger partial charge in [-0.2, -0.15) is 0 Å². The number of aromatic nitrogens is 1. The smallest absolute Gasteiger partial charge is 0.265 e. The van der Waals surface area contributed by atoms with Crippen molar-refractivity contribution in [3.63, 3.8) is 0 Å². The van der Waals surface area contributed by atoms with Gasteiger partial charge in [0, 0.05) is 67.5 Å². The van der Waals surface area contributed by atoms with Crippen LogP contribution in [0.25, 0.3) is 10.9 Å². The minimum absolute atomic E-state index is 0.0607. The van der Waals surface area contributed by atoms with Gasteiger partial charge in [0.2, 0.25) is 21.8 Å². The SMILES string of the molecule is COc1ccc(C2CCCCC2)c2c1cc1n2CC2=C(C(=O)NS(=O)(=O)CC(C)C)C2=C2C=CC[C@@H](C(=O)N3CC45COCC4(CN(C(C)=O)C5)C3)C21. The molecule has 1 aromatic heterocycles. The van der Waals surface area contributed by atoms with Gasteiger partial charge >= 0.3 is 0 Å². The lowest BCUT2D eigenvalue weighted by atomic mass is 9.71. The van der Waals surface area contributed by atoms with Gasteiger partial charge in [-0.05, 0) is 65.5 Å². The van der Waals surface area contributed by atoms with Crippen molar-refractivity contribution < 1.29 is 32.3 Å². The second kappa shape index (κ2) is 12.3. The Morgan fingerprint density at radius 2 is 1.72 bits per heavy atom. The second-order valence-corrected chi connectivity index (χ2v) is 19.0. The van der Waals surface area contributed by atoms with E-state index in [1.807, 2.05) is 29.7 Å². The largest absolute Gasteiger partial charge is 0.496 e. The predicted octanol–water partition coefficient (Wildman–Crippen LogP) is 4.79. The molecule has 282 valence electrons. The number of hydrogen-bond acceptors (Lipinski definition) is 7. The van der Waals surface area contributed by atoms with E-state index in [1.165, 1.54) is 24.8 Å². The summed E-state index contributed by atoms with van der Waals surface area (Å²) in [6, 6.07) is 6.49. The summed E-state index contributed by atoms with van der Waals surface area (Å²) >= 11 is 0. The maximum absolute atomic E-state index is 15.1. The fourth-order valence-corrected chi connectivity index (χ4v) is 12.4. The lowest BCUT2D eigenvalue weighted by Crippen LogP contribution is -2.44. The first-order chi connectivity index (χ1) is 25.4. The third-order valence-corrected chi connectivity index (χ3v) is 15.0. The summed E-state index contributed by atoms with van der Waals surface area (Å²) in [5, 5.41) is 1.00. The molecule has 53 heavy (non-hydrogen) atoms. The average molecular weight is 743 g/mol. The Morgan fingerprint density at radius 3 is 2.38 bits per heavy atom. The second-order valence-electron chi connectivity index (χ2n) is 17.2. The van der Waals surface area contributed by atoms with Crippen molar-refractivity contribution in [2.75, 3.05) is 52.3 Å². The molecule has 1 N–H and O–H groups in total. The van der Waals surface area contributed by atoms with E-state index in [0.717, 1.165) is 51.9 Å². The number of sulfonamides is 1. The van der Waals surface area contributed by atoms with Gasteiger partial charge in [-0.25, -0.2) is 13.1 Å². The number of nitrogens with one attached hydrogen (secondary N) is 1. The van der Waals surface area contributed by atoms with Crippen molar-refractivity contribution in [3.05, 3.63) is 63.9 Å². The molecule has 3 saturated heterocycles. The van der Waals surface area contributed by atoms with Gasteiger partial charge in [0.15, 0.2) is 0 Å². The minimum atomic E-state index is -3.84. The number of fused-ring (bicyclic) bond motifs is 6. The van der Waals surface area contributed by atoms with Crippen LogP contribution in [0.5, 0.6) is 5.75 Å². The topological polar surface area (TPSA) is 127 Å². The van der Waals surface area contributed by atoms with Gasteiger partial charge < -0.3 is 23.8 Å². The van der Waals surface area contributed by atoms with Crippen LogP contribution in [0.15, 0.2) is 52.6 Å². The first-order valence-electron chi connectivity index (χ1n) is 19.4. The lowest BCUT2D eigenvalue weighted by molar-refractivity contribution is -0.136. The number of hydrogen-bond donors (Lipinski definition) is 1. The van der Waals surface area contributed by atoms with E-state index in [9.17, 15) is 18.0 Å². The summed E-state index contributed by atoms with van der Waals surface area (Å²) in [6.07, 6.45) is 10.5. The summed E-state index contributed by atoms with van der Waals surface area (Å²) < 4.78 is 42.7. The number of nitrogens with zero attached hydrogens (tertiary/aromatic N) is 3. The molecular weight excluding hydrogens is 693 g/mol. The molecule has 11 nitrogen and oxygen atoms in total. The number of rotatable bonds is 7. The molecule has 4 fully saturated rings. The van der Waals surface area contributed by atoms with E-state index in [1.54, 1.807) is 14.0 Å². The van der Waals surface area contributed by atoms with E-state index in [0.29, 0.717) is 63.8 Å². The molecule has 1 aromatic carbocycles. The molecule has 5 heterocycles. The van der Waals surface area contributed by atoms with Crippen molar-refractivity contribution in [2.45, 2.75) is 77.7 Å². The highest BCUT2D eigenvalue weighted by Gasteiger charge is 2.67. The molecule has 12 heteroatoms. The fraction of sp³-hybridized carbons (Fsp3) is 0.585. The fourth-order valence-electron chi connectivity index (χ4n) is 11.1. The quantitative estimate of drug-likeness (QED) is 0.433.